The van der Waals surface area contributed by atoms with Crippen molar-refractivity contribution in [2.24, 2.45) is 5.73 Å². The quantitative estimate of drug-likeness (QED) is 0.0269. The third-order valence-electron chi connectivity index (χ3n) is 10.3. The maximum atomic E-state index is 12.7. The number of nitrogens with two attached hydrogens (primary N) is 1. The third-order valence-corrected chi connectivity index (χ3v) is 11.3. The first-order valence-corrected chi connectivity index (χ1v) is 26.6. The molecule has 62 heavy (non-hydrogen) atoms. The summed E-state index contributed by atoms with van der Waals surface area (Å²) in [6.07, 6.45) is 64.6. The van der Waals surface area contributed by atoms with Gasteiger partial charge in [0.25, 0.3) is 0 Å². The van der Waals surface area contributed by atoms with Crippen LogP contribution in [-0.4, -0.2) is 49.9 Å². The van der Waals surface area contributed by atoms with Gasteiger partial charge < -0.3 is 20.1 Å². The molecular weight excluding hydrogens is 794 g/mol. The molecule has 0 aromatic carbocycles. The van der Waals surface area contributed by atoms with Crippen LogP contribution in [0.1, 0.15) is 206 Å². The maximum Gasteiger partial charge on any atom is 0.472 e. The summed E-state index contributed by atoms with van der Waals surface area (Å²) < 4.78 is 33.6. The monoisotopic (exact) mass is 888 g/mol. The summed E-state index contributed by atoms with van der Waals surface area (Å²) in [5.41, 5.74) is 5.39. The Bertz CT molecular complexity index is 1220. The molecule has 0 aliphatic carbocycles. The molecule has 0 aliphatic heterocycles. The van der Waals surface area contributed by atoms with E-state index in [0.29, 0.717) is 13.0 Å². The SMILES string of the molecule is CC/C=C\C/C=C\C/C=C\C/C=C\C/C=C\CCCCCCCCOCC(COP(=O)(O)OCCN)OC(=O)CCCCCCCCCCC/C=C\C/C=C\CCCCCCC. The second-order valence-corrected chi connectivity index (χ2v) is 17.7. The second kappa shape index (κ2) is 49.7. The molecule has 0 heterocycles. The van der Waals surface area contributed by atoms with Crippen molar-refractivity contribution >= 4 is 13.8 Å². The van der Waals surface area contributed by atoms with E-state index in [2.05, 4.69) is 98.9 Å². The Balaban J connectivity index is 4.02. The smallest absolute Gasteiger partial charge is 0.457 e. The average molecular weight is 888 g/mol. The lowest BCUT2D eigenvalue weighted by molar-refractivity contribution is -0.154. The van der Waals surface area contributed by atoms with E-state index in [-0.39, 0.29) is 32.3 Å². The lowest BCUT2D eigenvalue weighted by atomic mass is 10.1. The first-order chi connectivity index (χ1) is 30.4. The van der Waals surface area contributed by atoms with E-state index in [9.17, 15) is 14.3 Å². The van der Waals surface area contributed by atoms with E-state index in [0.717, 1.165) is 83.5 Å². The van der Waals surface area contributed by atoms with E-state index >= 15 is 0 Å². The van der Waals surface area contributed by atoms with Gasteiger partial charge in [-0.05, 0) is 89.9 Å². The van der Waals surface area contributed by atoms with E-state index < -0.39 is 13.9 Å². The zero-order valence-corrected chi connectivity index (χ0v) is 40.7. The largest absolute Gasteiger partial charge is 0.472 e. The zero-order valence-electron chi connectivity index (χ0n) is 39.8. The summed E-state index contributed by atoms with van der Waals surface area (Å²) in [7, 11) is -4.29. The highest BCUT2D eigenvalue weighted by Gasteiger charge is 2.25. The molecule has 3 N–H and O–H groups in total. The van der Waals surface area contributed by atoms with Gasteiger partial charge >= 0.3 is 13.8 Å². The van der Waals surface area contributed by atoms with Crippen molar-refractivity contribution < 1.29 is 32.8 Å². The van der Waals surface area contributed by atoms with E-state index in [1.165, 1.54) is 103 Å². The molecule has 0 amide bonds. The highest BCUT2D eigenvalue weighted by Crippen LogP contribution is 2.43. The van der Waals surface area contributed by atoms with Gasteiger partial charge in [0, 0.05) is 19.6 Å². The van der Waals surface area contributed by atoms with Crippen molar-refractivity contribution in [2.75, 3.05) is 33.0 Å². The summed E-state index contributed by atoms with van der Waals surface area (Å²) in [6, 6.07) is 0. The number of hydrogen-bond donors (Lipinski definition) is 2. The molecule has 0 aliphatic rings. The Morgan fingerprint density at radius 1 is 0.500 bits per heavy atom. The van der Waals surface area contributed by atoms with Gasteiger partial charge in [-0.1, -0.05) is 195 Å². The molecule has 8 nitrogen and oxygen atoms in total. The van der Waals surface area contributed by atoms with Gasteiger partial charge in [-0.2, -0.15) is 0 Å². The molecule has 0 aromatic heterocycles. The van der Waals surface area contributed by atoms with Gasteiger partial charge in [0.15, 0.2) is 0 Å². The van der Waals surface area contributed by atoms with Crippen LogP contribution in [0.4, 0.5) is 0 Å². The van der Waals surface area contributed by atoms with Crippen LogP contribution in [0.3, 0.4) is 0 Å². The van der Waals surface area contributed by atoms with Gasteiger partial charge in [-0.25, -0.2) is 4.57 Å². The van der Waals surface area contributed by atoms with Crippen LogP contribution in [-0.2, 0) is 27.9 Å². The van der Waals surface area contributed by atoms with Crippen LogP contribution in [0.2, 0.25) is 0 Å². The van der Waals surface area contributed by atoms with Crippen LogP contribution in [0.5, 0.6) is 0 Å². The van der Waals surface area contributed by atoms with E-state index in [1.54, 1.807) is 0 Å². The summed E-state index contributed by atoms with van der Waals surface area (Å²) >= 11 is 0. The Labute approximate surface area is 381 Å². The first-order valence-electron chi connectivity index (χ1n) is 25.1. The molecule has 0 saturated heterocycles. The fourth-order valence-electron chi connectivity index (χ4n) is 6.64. The Morgan fingerprint density at radius 3 is 1.35 bits per heavy atom. The Morgan fingerprint density at radius 2 is 0.903 bits per heavy atom. The van der Waals surface area contributed by atoms with Crippen LogP contribution >= 0.6 is 7.82 Å². The number of unbranched alkanes of at least 4 members (excludes halogenated alkanes) is 20. The fraction of sp³-hybridized carbons (Fsp3) is 0.717. The summed E-state index contributed by atoms with van der Waals surface area (Å²) in [4.78, 5) is 22.6. The first kappa shape index (κ1) is 59.7. The van der Waals surface area contributed by atoms with Crippen molar-refractivity contribution in [3.63, 3.8) is 0 Å². The minimum atomic E-state index is -4.29. The third kappa shape index (κ3) is 48.7. The molecule has 2 atom stereocenters. The predicted octanol–water partition coefficient (Wildman–Crippen LogP) is 15.6. The van der Waals surface area contributed by atoms with Crippen molar-refractivity contribution in [3.8, 4) is 0 Å². The van der Waals surface area contributed by atoms with Gasteiger partial charge in [-0.3, -0.25) is 13.8 Å². The van der Waals surface area contributed by atoms with Gasteiger partial charge in [0.1, 0.15) is 6.10 Å². The van der Waals surface area contributed by atoms with Gasteiger partial charge in [0.05, 0.1) is 19.8 Å². The lowest BCUT2D eigenvalue weighted by Crippen LogP contribution is -2.28. The van der Waals surface area contributed by atoms with E-state index in [1.807, 2.05) is 0 Å². The van der Waals surface area contributed by atoms with Crippen LogP contribution < -0.4 is 5.73 Å². The normalized spacial score (nSPS) is 14.1. The van der Waals surface area contributed by atoms with Crippen molar-refractivity contribution in [1.82, 2.24) is 0 Å². The number of carbonyl (C=O) groups is 1. The fourth-order valence-corrected chi connectivity index (χ4v) is 7.41. The molecule has 2 unspecified atom stereocenters. The molecule has 0 radical (unpaired) electrons. The average Bonchev–Trinajstić information content (AvgIpc) is 3.26. The predicted molar refractivity (Wildman–Crippen MR) is 265 cm³/mol. The van der Waals surface area contributed by atoms with Crippen LogP contribution in [0, 0.1) is 0 Å². The number of esters is 1. The number of rotatable bonds is 47. The number of hydrogen-bond acceptors (Lipinski definition) is 7. The number of ether oxygens (including phenoxy) is 2. The molecule has 0 aromatic rings. The van der Waals surface area contributed by atoms with Gasteiger partial charge in [0.2, 0.25) is 0 Å². The molecule has 0 fully saturated rings. The minimum Gasteiger partial charge on any atom is -0.457 e. The zero-order chi connectivity index (χ0) is 45.1. The number of phosphoric ester groups is 1. The van der Waals surface area contributed by atoms with Crippen LogP contribution in [0.25, 0.3) is 0 Å². The van der Waals surface area contributed by atoms with Crippen molar-refractivity contribution in [1.29, 1.82) is 0 Å². The van der Waals surface area contributed by atoms with Crippen molar-refractivity contribution in [2.45, 2.75) is 213 Å². The van der Waals surface area contributed by atoms with Crippen LogP contribution in [0.15, 0.2) is 85.1 Å². The lowest BCUT2D eigenvalue weighted by Gasteiger charge is -2.20. The number of carbonyl (C=O) groups excluding carboxylic acids is 1. The Kier molecular flexibility index (Phi) is 47.8. The molecule has 358 valence electrons. The van der Waals surface area contributed by atoms with Gasteiger partial charge in [-0.15, -0.1) is 0 Å². The minimum absolute atomic E-state index is 0.0926. The highest BCUT2D eigenvalue weighted by atomic mass is 31.2. The standard InChI is InChI=1S/C53H94NO7P/c1-3-5-7-9-11-13-15-17-19-21-23-25-27-29-31-33-35-37-39-41-43-45-48-58-50-52(51-60-62(56,57)59-49-47-54)61-53(55)46-44-42-40-38-36-34-32-30-28-26-24-22-20-18-16-14-12-10-8-6-4-2/h5,7,11,13,16-19,22-25,29,31,52H,3-4,6,8-10,12,14-15,20-21,26-28,30,32-51,54H2,1-2H3,(H,56,57)/b7-5-,13-11-,18-16-,19-17-,24-22-,25-23-,31-29-. The summed E-state index contributed by atoms with van der Waals surface area (Å²) in [5, 5.41) is 0. The molecule has 0 saturated carbocycles. The molecule has 0 spiro atoms. The molecular formula is C53H94NO7P. The number of phosphoric acid groups is 1. The Hall–Kier alpha value is -2.32. The van der Waals surface area contributed by atoms with Crippen molar-refractivity contribution in [3.05, 3.63) is 85.1 Å². The molecule has 0 rings (SSSR count). The topological polar surface area (TPSA) is 117 Å². The maximum absolute atomic E-state index is 12.7. The highest BCUT2D eigenvalue weighted by molar-refractivity contribution is 7.47. The van der Waals surface area contributed by atoms with E-state index in [4.69, 9.17) is 24.3 Å². The second-order valence-electron chi connectivity index (χ2n) is 16.3. The molecule has 9 heteroatoms. The summed E-state index contributed by atoms with van der Waals surface area (Å²) in [6.45, 7) is 4.76. The number of allylic oxidation sites excluding steroid dienone is 14. The summed E-state index contributed by atoms with van der Waals surface area (Å²) in [5.74, 6) is -0.342. The molecule has 0 bridgehead atoms.